The Hall–Kier alpha value is -2.59. The van der Waals surface area contributed by atoms with E-state index >= 15 is 0 Å². The average molecular weight is 563 g/mol. The van der Waals surface area contributed by atoms with Crippen LogP contribution >= 0.6 is 24.0 Å². The Kier molecular flexibility index (Phi) is 12.3. The molecule has 2 N–H and O–H groups in total. The third kappa shape index (κ3) is 9.43. The number of rotatable bonds is 12. The number of nitrogens with one attached hydrogen (secondary N) is 2. The minimum atomic E-state index is 0. The van der Waals surface area contributed by atoms with E-state index in [1.807, 2.05) is 49.6 Å². The van der Waals surface area contributed by atoms with E-state index in [0.29, 0.717) is 13.1 Å². The Morgan fingerprint density at radius 3 is 2.55 bits per heavy atom. The number of aromatic nitrogens is 2. The zero-order valence-electron chi connectivity index (χ0n) is 19.4. The number of aliphatic imine (C=N–C) groups is 1. The van der Waals surface area contributed by atoms with Crippen LogP contribution in [0.25, 0.3) is 0 Å². The van der Waals surface area contributed by atoms with Gasteiger partial charge in [-0.05, 0) is 36.6 Å². The van der Waals surface area contributed by atoms with E-state index in [1.165, 1.54) is 5.56 Å². The van der Waals surface area contributed by atoms with E-state index in [9.17, 15) is 0 Å². The summed E-state index contributed by atoms with van der Waals surface area (Å²) in [7, 11) is 1.67. The molecule has 0 aliphatic carbocycles. The first-order chi connectivity index (χ1) is 15.8. The van der Waals surface area contributed by atoms with Crippen molar-refractivity contribution in [3.8, 4) is 5.75 Å². The largest absolute Gasteiger partial charge is 0.497 e. The highest BCUT2D eigenvalue weighted by Gasteiger charge is 2.06. The van der Waals surface area contributed by atoms with Crippen molar-refractivity contribution in [3.05, 3.63) is 83.9 Å². The summed E-state index contributed by atoms with van der Waals surface area (Å²) in [5.74, 6) is 2.56. The van der Waals surface area contributed by atoms with Crippen molar-refractivity contribution in [2.45, 2.75) is 33.0 Å². The second-order valence-corrected chi connectivity index (χ2v) is 7.30. The van der Waals surface area contributed by atoms with E-state index < -0.39 is 0 Å². The lowest BCUT2D eigenvalue weighted by molar-refractivity contribution is 0.145. The van der Waals surface area contributed by atoms with Gasteiger partial charge in [-0.2, -0.15) is 0 Å². The minimum absolute atomic E-state index is 0. The molecule has 0 atom stereocenters. The summed E-state index contributed by atoms with van der Waals surface area (Å²) < 4.78 is 12.8. The first-order valence-electron chi connectivity index (χ1n) is 11.0. The van der Waals surface area contributed by atoms with Gasteiger partial charge in [0.1, 0.15) is 11.6 Å². The lowest BCUT2D eigenvalue weighted by Crippen LogP contribution is -2.38. The van der Waals surface area contributed by atoms with Crippen molar-refractivity contribution < 1.29 is 9.47 Å². The maximum absolute atomic E-state index is 5.43. The number of methoxy groups -OCH3 is 1. The normalized spacial score (nSPS) is 11.0. The molecule has 33 heavy (non-hydrogen) atoms. The number of hydrogen-bond donors (Lipinski definition) is 2. The Balaban J connectivity index is 0.00000385. The molecule has 0 saturated carbocycles. The van der Waals surface area contributed by atoms with Gasteiger partial charge in [0.2, 0.25) is 0 Å². The molecule has 3 rings (SSSR count). The van der Waals surface area contributed by atoms with Crippen LogP contribution in [0.1, 0.15) is 30.3 Å². The van der Waals surface area contributed by atoms with Crippen molar-refractivity contribution in [2.75, 3.05) is 26.9 Å². The molecular weight excluding hydrogens is 529 g/mol. The van der Waals surface area contributed by atoms with Crippen LogP contribution in [0.4, 0.5) is 0 Å². The van der Waals surface area contributed by atoms with Crippen molar-refractivity contribution >= 4 is 29.9 Å². The summed E-state index contributed by atoms with van der Waals surface area (Å²) in [6, 6.07) is 18.4. The van der Waals surface area contributed by atoms with E-state index in [4.69, 9.17) is 14.5 Å². The van der Waals surface area contributed by atoms with Crippen LogP contribution in [0.2, 0.25) is 0 Å². The molecule has 0 saturated heterocycles. The molecular formula is C25H34IN5O2. The molecule has 0 bridgehead atoms. The Morgan fingerprint density at radius 1 is 1.03 bits per heavy atom. The number of benzene rings is 2. The fraction of sp³-hybridized carbons (Fsp3) is 0.360. The predicted molar refractivity (Wildman–Crippen MR) is 143 cm³/mol. The molecule has 1 aromatic heterocycles. The molecule has 0 aliphatic rings. The molecule has 3 aromatic rings. The molecule has 0 spiro atoms. The average Bonchev–Trinajstić information content (AvgIpc) is 3.28. The van der Waals surface area contributed by atoms with Gasteiger partial charge in [0, 0.05) is 38.7 Å². The van der Waals surface area contributed by atoms with Gasteiger partial charge >= 0.3 is 0 Å². The Morgan fingerprint density at radius 2 is 1.82 bits per heavy atom. The monoisotopic (exact) mass is 563 g/mol. The standard InChI is InChI=1S/C25H33N5O2.HI/c1-3-32-17-7-14-27-25(28-18-21-10-12-23(31-2)13-11-21)29-19-24-26-15-16-30(24)20-22-8-5-4-6-9-22;/h4-6,8-13,15-16H,3,7,14,17-20H2,1-2H3,(H2,27,28,29);1H. The summed E-state index contributed by atoms with van der Waals surface area (Å²) >= 11 is 0. The van der Waals surface area contributed by atoms with E-state index in [1.54, 1.807) is 7.11 Å². The number of imidazole rings is 1. The molecule has 8 heteroatoms. The highest BCUT2D eigenvalue weighted by Crippen LogP contribution is 2.12. The number of guanidine groups is 1. The molecule has 0 radical (unpaired) electrons. The molecule has 0 aliphatic heterocycles. The summed E-state index contributed by atoms with van der Waals surface area (Å²) in [6.07, 6.45) is 4.76. The fourth-order valence-electron chi connectivity index (χ4n) is 3.20. The maximum Gasteiger partial charge on any atom is 0.191 e. The van der Waals surface area contributed by atoms with Crippen LogP contribution in [0.15, 0.2) is 72.0 Å². The van der Waals surface area contributed by atoms with Gasteiger partial charge in [-0.1, -0.05) is 42.5 Å². The summed E-state index contributed by atoms with van der Waals surface area (Å²) in [5.41, 5.74) is 2.36. The van der Waals surface area contributed by atoms with Gasteiger partial charge in [0.05, 0.1) is 20.2 Å². The van der Waals surface area contributed by atoms with Crippen molar-refractivity contribution in [1.82, 2.24) is 20.2 Å². The van der Waals surface area contributed by atoms with Crippen LogP contribution in [-0.4, -0.2) is 42.4 Å². The Labute approximate surface area is 213 Å². The first-order valence-corrected chi connectivity index (χ1v) is 11.0. The van der Waals surface area contributed by atoms with Crippen LogP contribution in [0.5, 0.6) is 5.75 Å². The molecule has 0 unspecified atom stereocenters. The van der Waals surface area contributed by atoms with Crippen molar-refractivity contribution in [3.63, 3.8) is 0 Å². The SMILES string of the molecule is CCOCCCNC(=NCc1ccc(OC)cc1)NCc1nccn1Cc1ccccc1.I. The van der Waals surface area contributed by atoms with Gasteiger partial charge in [0.25, 0.3) is 0 Å². The topological polar surface area (TPSA) is 72.7 Å². The number of nitrogens with zero attached hydrogens (tertiary/aromatic N) is 3. The second kappa shape index (κ2) is 15.3. The summed E-state index contributed by atoms with van der Waals surface area (Å²) in [4.78, 5) is 9.28. The highest BCUT2D eigenvalue weighted by molar-refractivity contribution is 14.0. The number of halogens is 1. The molecule has 1 heterocycles. The molecule has 7 nitrogen and oxygen atoms in total. The smallest absolute Gasteiger partial charge is 0.191 e. The van der Waals surface area contributed by atoms with Crippen LogP contribution in [0, 0.1) is 0 Å². The van der Waals surface area contributed by atoms with Gasteiger partial charge in [-0.15, -0.1) is 24.0 Å². The van der Waals surface area contributed by atoms with E-state index in [2.05, 4.69) is 44.5 Å². The van der Waals surface area contributed by atoms with E-state index in [0.717, 1.165) is 55.8 Å². The summed E-state index contributed by atoms with van der Waals surface area (Å²) in [5, 5.41) is 6.82. The third-order valence-electron chi connectivity index (χ3n) is 4.95. The quantitative estimate of drug-likeness (QED) is 0.150. The van der Waals surface area contributed by atoms with Crippen LogP contribution in [0.3, 0.4) is 0 Å². The molecule has 2 aromatic carbocycles. The number of hydrogen-bond acceptors (Lipinski definition) is 4. The van der Waals surface area contributed by atoms with Crippen molar-refractivity contribution in [2.24, 2.45) is 4.99 Å². The first kappa shape index (κ1) is 26.7. The van der Waals surface area contributed by atoms with Gasteiger partial charge in [-0.3, -0.25) is 0 Å². The zero-order chi connectivity index (χ0) is 22.4. The number of ether oxygens (including phenoxy) is 2. The molecule has 178 valence electrons. The zero-order valence-corrected chi connectivity index (χ0v) is 21.7. The molecule has 0 fully saturated rings. The van der Waals surface area contributed by atoms with Crippen molar-refractivity contribution in [1.29, 1.82) is 0 Å². The van der Waals surface area contributed by atoms with Crippen LogP contribution in [-0.2, 0) is 24.4 Å². The molecule has 0 amide bonds. The lowest BCUT2D eigenvalue weighted by atomic mass is 10.2. The highest BCUT2D eigenvalue weighted by atomic mass is 127. The van der Waals surface area contributed by atoms with Gasteiger partial charge in [0.15, 0.2) is 5.96 Å². The van der Waals surface area contributed by atoms with Gasteiger partial charge in [-0.25, -0.2) is 9.98 Å². The fourth-order valence-corrected chi connectivity index (χ4v) is 3.20. The predicted octanol–water partition coefficient (Wildman–Crippen LogP) is 4.22. The summed E-state index contributed by atoms with van der Waals surface area (Å²) in [6.45, 7) is 6.21. The minimum Gasteiger partial charge on any atom is -0.497 e. The Bertz CT molecular complexity index is 945. The third-order valence-corrected chi connectivity index (χ3v) is 4.95. The van der Waals surface area contributed by atoms with E-state index in [-0.39, 0.29) is 24.0 Å². The second-order valence-electron chi connectivity index (χ2n) is 7.30. The maximum atomic E-state index is 5.43. The van der Waals surface area contributed by atoms with Crippen LogP contribution < -0.4 is 15.4 Å². The lowest BCUT2D eigenvalue weighted by Gasteiger charge is -2.14. The van der Waals surface area contributed by atoms with Gasteiger partial charge < -0.3 is 24.7 Å².